The summed E-state index contributed by atoms with van der Waals surface area (Å²) >= 11 is 0. The van der Waals surface area contributed by atoms with Gasteiger partial charge in [0.05, 0.1) is 6.10 Å². The predicted octanol–water partition coefficient (Wildman–Crippen LogP) is 1.89. The highest BCUT2D eigenvalue weighted by molar-refractivity contribution is 5.05. The molecule has 56 valence electrons. The van der Waals surface area contributed by atoms with Gasteiger partial charge in [-0.15, -0.1) is 0 Å². The van der Waals surface area contributed by atoms with E-state index in [1.165, 1.54) is 0 Å². The molecule has 2 atom stereocenters. The van der Waals surface area contributed by atoms with Gasteiger partial charge in [-0.3, -0.25) is 0 Å². The van der Waals surface area contributed by atoms with Crippen LogP contribution in [0.15, 0.2) is 24.3 Å². The van der Waals surface area contributed by atoms with Crippen molar-refractivity contribution >= 4 is 0 Å². The summed E-state index contributed by atoms with van der Waals surface area (Å²) in [5, 5.41) is 9.08. The molecule has 0 fully saturated rings. The molecule has 0 saturated heterocycles. The number of aliphatic hydroxyl groups excluding tert-OH is 1. The maximum absolute atomic E-state index is 9.08. The van der Waals surface area contributed by atoms with Crippen LogP contribution in [0.3, 0.4) is 0 Å². The van der Waals surface area contributed by atoms with Crippen molar-refractivity contribution in [3.63, 3.8) is 0 Å². The zero-order valence-corrected chi connectivity index (χ0v) is 6.33. The van der Waals surface area contributed by atoms with Crippen LogP contribution in [0.4, 0.5) is 0 Å². The Balaban J connectivity index is 2.45. The Morgan fingerprint density at radius 2 is 2.20 bits per heavy atom. The van der Waals surface area contributed by atoms with Crippen LogP contribution in [-0.2, 0) is 0 Å². The fourth-order valence-corrected chi connectivity index (χ4v) is 1.23. The molecule has 1 nitrogen and oxygen atoms in total. The van der Waals surface area contributed by atoms with Crippen molar-refractivity contribution in [1.29, 1.82) is 0 Å². The maximum Gasteiger partial charge on any atom is 0.0721 e. The van der Waals surface area contributed by atoms with Crippen molar-refractivity contribution in [2.45, 2.75) is 25.9 Å². The van der Waals surface area contributed by atoms with Crippen LogP contribution in [0.5, 0.6) is 0 Å². The van der Waals surface area contributed by atoms with Crippen molar-refractivity contribution in [2.75, 3.05) is 0 Å². The van der Waals surface area contributed by atoms with Crippen LogP contribution in [-0.4, -0.2) is 11.2 Å². The highest BCUT2D eigenvalue weighted by Gasteiger charge is 2.09. The lowest BCUT2D eigenvalue weighted by atomic mass is 9.94. The largest absolute Gasteiger partial charge is 0.389 e. The van der Waals surface area contributed by atoms with Gasteiger partial charge < -0.3 is 5.11 Å². The minimum Gasteiger partial charge on any atom is -0.389 e. The fourth-order valence-electron chi connectivity index (χ4n) is 1.23. The Kier molecular flexibility index (Phi) is 2.69. The van der Waals surface area contributed by atoms with Gasteiger partial charge in [-0.2, -0.15) is 0 Å². The molecule has 0 aromatic heterocycles. The Morgan fingerprint density at radius 3 is 2.70 bits per heavy atom. The normalized spacial score (nSPS) is 33.4. The highest BCUT2D eigenvalue weighted by atomic mass is 16.3. The summed E-state index contributed by atoms with van der Waals surface area (Å²) in [5.41, 5.74) is 0. The number of rotatable bonds is 1. The summed E-state index contributed by atoms with van der Waals surface area (Å²) in [6.45, 7) is 2.03. The van der Waals surface area contributed by atoms with Gasteiger partial charge in [0, 0.05) is 0 Å². The van der Waals surface area contributed by atoms with Gasteiger partial charge >= 0.3 is 0 Å². The summed E-state index contributed by atoms with van der Waals surface area (Å²) in [6.07, 6.45) is 9.99. The molecule has 0 aliphatic heterocycles. The smallest absolute Gasteiger partial charge is 0.0721 e. The molecule has 0 amide bonds. The number of hydrogen-bond acceptors (Lipinski definition) is 1. The Bertz CT molecular complexity index is 147. The summed E-state index contributed by atoms with van der Waals surface area (Å²) in [4.78, 5) is 0. The minimum atomic E-state index is -0.193. The molecule has 0 radical (unpaired) electrons. The van der Waals surface area contributed by atoms with Gasteiger partial charge in [0.2, 0.25) is 0 Å². The summed E-state index contributed by atoms with van der Waals surface area (Å²) in [7, 11) is 0. The van der Waals surface area contributed by atoms with E-state index in [0.29, 0.717) is 5.92 Å². The summed E-state index contributed by atoms with van der Waals surface area (Å²) in [5.74, 6) is 0.563. The fraction of sp³-hybridized carbons (Fsp3) is 0.556. The average Bonchev–Trinajstić information content (AvgIpc) is 1.95. The monoisotopic (exact) mass is 138 g/mol. The van der Waals surface area contributed by atoms with Gasteiger partial charge in [0.25, 0.3) is 0 Å². The zero-order chi connectivity index (χ0) is 7.40. The molecule has 0 unspecified atom stereocenters. The van der Waals surface area contributed by atoms with Crippen LogP contribution in [0.25, 0.3) is 0 Å². The SMILES string of the molecule is C/C=C/[C@H]1C=C[C@@H](O)CC1. The minimum absolute atomic E-state index is 0.193. The van der Waals surface area contributed by atoms with E-state index in [2.05, 4.69) is 18.2 Å². The van der Waals surface area contributed by atoms with Crippen LogP contribution >= 0.6 is 0 Å². The predicted molar refractivity (Wildman–Crippen MR) is 42.7 cm³/mol. The van der Waals surface area contributed by atoms with E-state index in [0.717, 1.165) is 12.8 Å². The van der Waals surface area contributed by atoms with Crippen LogP contribution in [0.1, 0.15) is 19.8 Å². The first kappa shape index (κ1) is 7.55. The molecule has 0 bridgehead atoms. The van der Waals surface area contributed by atoms with Gasteiger partial charge in [0.15, 0.2) is 0 Å². The first-order valence-electron chi connectivity index (χ1n) is 3.82. The van der Waals surface area contributed by atoms with E-state index in [1.807, 2.05) is 13.0 Å². The van der Waals surface area contributed by atoms with E-state index in [1.54, 1.807) is 0 Å². The van der Waals surface area contributed by atoms with Crippen LogP contribution in [0.2, 0.25) is 0 Å². The molecule has 0 saturated carbocycles. The molecule has 0 aromatic rings. The van der Waals surface area contributed by atoms with Gasteiger partial charge in [-0.05, 0) is 25.7 Å². The zero-order valence-electron chi connectivity index (χ0n) is 6.33. The molecule has 1 heteroatoms. The van der Waals surface area contributed by atoms with Crippen molar-refractivity contribution in [3.8, 4) is 0 Å². The lowest BCUT2D eigenvalue weighted by Gasteiger charge is -2.15. The molecular weight excluding hydrogens is 124 g/mol. The van der Waals surface area contributed by atoms with E-state index in [9.17, 15) is 0 Å². The first-order valence-corrected chi connectivity index (χ1v) is 3.82. The summed E-state index contributed by atoms with van der Waals surface area (Å²) in [6, 6.07) is 0. The molecule has 0 heterocycles. The average molecular weight is 138 g/mol. The van der Waals surface area contributed by atoms with Crippen molar-refractivity contribution in [3.05, 3.63) is 24.3 Å². The lowest BCUT2D eigenvalue weighted by molar-refractivity contribution is 0.199. The lowest BCUT2D eigenvalue weighted by Crippen LogP contribution is -2.10. The third-order valence-corrected chi connectivity index (χ3v) is 1.82. The second-order valence-electron chi connectivity index (χ2n) is 2.72. The third kappa shape index (κ3) is 1.99. The number of aliphatic hydroxyl groups is 1. The van der Waals surface area contributed by atoms with Crippen LogP contribution < -0.4 is 0 Å². The second-order valence-corrected chi connectivity index (χ2v) is 2.72. The van der Waals surface area contributed by atoms with Crippen molar-refractivity contribution in [2.24, 2.45) is 5.92 Å². The third-order valence-electron chi connectivity index (χ3n) is 1.82. The van der Waals surface area contributed by atoms with Crippen LogP contribution in [0, 0.1) is 5.92 Å². The Labute approximate surface area is 62.1 Å². The molecule has 10 heavy (non-hydrogen) atoms. The van der Waals surface area contributed by atoms with Gasteiger partial charge in [0.1, 0.15) is 0 Å². The number of hydrogen-bond donors (Lipinski definition) is 1. The van der Waals surface area contributed by atoms with E-state index >= 15 is 0 Å². The second kappa shape index (κ2) is 3.57. The summed E-state index contributed by atoms with van der Waals surface area (Å²) < 4.78 is 0. The van der Waals surface area contributed by atoms with Gasteiger partial charge in [-0.25, -0.2) is 0 Å². The Hall–Kier alpha value is -0.560. The molecule has 0 aromatic carbocycles. The topological polar surface area (TPSA) is 20.2 Å². The first-order chi connectivity index (χ1) is 4.83. The molecule has 1 aliphatic rings. The number of allylic oxidation sites excluding steroid dienone is 3. The quantitative estimate of drug-likeness (QED) is 0.548. The van der Waals surface area contributed by atoms with E-state index in [4.69, 9.17) is 5.11 Å². The highest BCUT2D eigenvalue weighted by Crippen LogP contribution is 2.18. The Morgan fingerprint density at radius 1 is 1.40 bits per heavy atom. The van der Waals surface area contributed by atoms with Gasteiger partial charge in [-0.1, -0.05) is 24.3 Å². The molecule has 1 N–H and O–H groups in total. The molecule has 1 rings (SSSR count). The van der Waals surface area contributed by atoms with Crippen molar-refractivity contribution in [1.82, 2.24) is 0 Å². The van der Waals surface area contributed by atoms with E-state index < -0.39 is 0 Å². The molecule has 1 aliphatic carbocycles. The van der Waals surface area contributed by atoms with E-state index in [-0.39, 0.29) is 6.10 Å². The maximum atomic E-state index is 9.08. The molecule has 0 spiro atoms. The van der Waals surface area contributed by atoms with Crippen molar-refractivity contribution < 1.29 is 5.11 Å². The molecular formula is C9H14O. The standard InChI is InChI=1S/C9H14O/c1-2-3-8-4-6-9(10)7-5-8/h2-4,6,8-10H,5,7H2,1H3/b3-2+/t8-,9+/m0/s1.